The summed E-state index contributed by atoms with van der Waals surface area (Å²) in [6, 6.07) is 9.39. The predicted molar refractivity (Wildman–Crippen MR) is 263 cm³/mol. The predicted octanol–water partition coefficient (Wildman–Crippen LogP) is 5.56. The van der Waals surface area contributed by atoms with Gasteiger partial charge in [0.2, 0.25) is 5.91 Å². The summed E-state index contributed by atoms with van der Waals surface area (Å²) in [5.74, 6) is 4.21. The van der Waals surface area contributed by atoms with Crippen molar-refractivity contribution in [3.63, 3.8) is 0 Å². The first-order valence-corrected chi connectivity index (χ1v) is 24.8. The van der Waals surface area contributed by atoms with Crippen LogP contribution in [0.25, 0.3) is 22.2 Å². The fourth-order valence-electron chi connectivity index (χ4n) is 9.90. The number of amides is 3. The van der Waals surface area contributed by atoms with Gasteiger partial charge in [-0.25, -0.2) is 5.43 Å². The number of aryl methyl sites for hydroxylation is 1. The van der Waals surface area contributed by atoms with Gasteiger partial charge in [-0.2, -0.15) is 0 Å². The number of likely N-dealkylation sites (tertiary alicyclic amines) is 1. The molecule has 6 bridgehead atoms. The van der Waals surface area contributed by atoms with Crippen molar-refractivity contribution in [2.75, 3.05) is 73.7 Å². The lowest BCUT2D eigenvalue weighted by molar-refractivity contribution is -0.156. The highest BCUT2D eigenvalue weighted by atomic mass is 16.5. The van der Waals surface area contributed by atoms with Crippen molar-refractivity contribution < 1.29 is 33.4 Å². The van der Waals surface area contributed by atoms with E-state index in [0.29, 0.717) is 45.4 Å². The molecule has 370 valence electrons. The van der Waals surface area contributed by atoms with E-state index in [9.17, 15) is 19.2 Å². The number of fused-ring (bicyclic) bond motifs is 6. The number of pyridine rings is 1. The molecule has 3 saturated heterocycles. The van der Waals surface area contributed by atoms with Crippen LogP contribution in [0.4, 0.5) is 0 Å². The lowest BCUT2D eigenvalue weighted by Crippen LogP contribution is -2.62. The molecule has 2 aromatic heterocycles. The molecule has 1 aromatic carbocycles. The lowest BCUT2D eigenvalue weighted by atomic mass is 9.83. The molecule has 15 nitrogen and oxygen atoms in total. The Kier molecular flexibility index (Phi) is 16.1. The van der Waals surface area contributed by atoms with Crippen LogP contribution in [0.5, 0.6) is 0 Å². The maximum absolute atomic E-state index is 14.7. The molecule has 4 aliphatic rings. The number of hydrazine groups is 1. The van der Waals surface area contributed by atoms with Crippen molar-refractivity contribution >= 4 is 34.6 Å². The van der Waals surface area contributed by atoms with Gasteiger partial charge in [-0.1, -0.05) is 39.7 Å². The highest BCUT2D eigenvalue weighted by Crippen LogP contribution is 2.42. The van der Waals surface area contributed by atoms with Gasteiger partial charge in [0.1, 0.15) is 12.1 Å². The molecule has 3 amide bonds. The molecular formula is C53H76N8O7. The molecule has 0 radical (unpaired) electrons. The Balaban J connectivity index is 1.16. The van der Waals surface area contributed by atoms with E-state index < -0.39 is 34.9 Å². The molecule has 6 heterocycles. The summed E-state index contributed by atoms with van der Waals surface area (Å²) in [6.07, 6.45) is 5.07. The van der Waals surface area contributed by atoms with Gasteiger partial charge in [0.25, 0.3) is 11.8 Å². The van der Waals surface area contributed by atoms with Crippen LogP contribution in [0.15, 0.2) is 36.5 Å². The van der Waals surface area contributed by atoms with E-state index in [-0.39, 0.29) is 55.0 Å². The number of rotatable bonds is 11. The van der Waals surface area contributed by atoms with E-state index >= 15 is 0 Å². The maximum Gasteiger partial charge on any atom is 0.324 e. The van der Waals surface area contributed by atoms with Crippen LogP contribution in [-0.4, -0.2) is 150 Å². The number of carbonyl (C=O) groups excluding carboxylic acids is 4. The average molecular weight is 937 g/mol. The second-order valence-corrected chi connectivity index (χ2v) is 21.3. The van der Waals surface area contributed by atoms with Crippen molar-refractivity contribution in [3.05, 3.63) is 53.3 Å². The molecule has 7 rings (SSSR count). The van der Waals surface area contributed by atoms with Crippen LogP contribution in [0, 0.1) is 29.1 Å². The zero-order valence-corrected chi connectivity index (χ0v) is 42.4. The largest absolute Gasteiger partial charge is 0.464 e. The Morgan fingerprint density at radius 1 is 1.06 bits per heavy atom. The van der Waals surface area contributed by atoms with Crippen molar-refractivity contribution in [3.8, 4) is 23.1 Å². The van der Waals surface area contributed by atoms with Crippen LogP contribution in [-0.2, 0) is 46.4 Å². The first-order valence-electron chi connectivity index (χ1n) is 24.8. The number of nitrogens with zero attached hydrogens (tertiary/aromatic N) is 6. The Morgan fingerprint density at radius 2 is 1.81 bits per heavy atom. The number of hydrogen-bond donors (Lipinski definition) is 2. The summed E-state index contributed by atoms with van der Waals surface area (Å²) in [5.41, 5.74) is 8.88. The van der Waals surface area contributed by atoms with Gasteiger partial charge >= 0.3 is 5.97 Å². The van der Waals surface area contributed by atoms with Crippen LogP contribution in [0.1, 0.15) is 110 Å². The number of benzene rings is 1. The highest BCUT2D eigenvalue weighted by Gasteiger charge is 2.39. The van der Waals surface area contributed by atoms with Crippen molar-refractivity contribution in [2.45, 2.75) is 130 Å². The summed E-state index contributed by atoms with van der Waals surface area (Å²) >= 11 is 0. The Morgan fingerprint density at radius 3 is 2.51 bits per heavy atom. The SMILES string of the molecule is CCn1c(-c2cccnc2[C@H](C)OC)c2c3cc(ccc31)C1CCCN(C1)C[C@H](NC(=O)[C@@H](COC1CN(C(=O)C#CC(C)(C)N(C)C)C1)C(C)C)C(=O)N1CCC[C@H](N1)C(=O)OCC(C)(C)C2. The second kappa shape index (κ2) is 21.4. The molecular weight excluding hydrogens is 861 g/mol. The van der Waals surface area contributed by atoms with Gasteiger partial charge in [0.05, 0.1) is 48.3 Å². The van der Waals surface area contributed by atoms with Crippen molar-refractivity contribution in [2.24, 2.45) is 17.3 Å². The Bertz CT molecular complexity index is 2380. The number of aromatic nitrogens is 2. The third-order valence-corrected chi connectivity index (χ3v) is 14.8. The first kappa shape index (κ1) is 51.0. The molecule has 0 aliphatic carbocycles. The van der Waals surface area contributed by atoms with E-state index in [1.165, 1.54) is 21.5 Å². The number of carbonyl (C=O) groups is 4. The highest BCUT2D eigenvalue weighted by molar-refractivity contribution is 5.95. The number of methoxy groups -OCH3 is 1. The molecule has 68 heavy (non-hydrogen) atoms. The molecule has 6 atom stereocenters. The number of hydrogen-bond acceptors (Lipinski definition) is 11. The van der Waals surface area contributed by atoms with Gasteiger partial charge in [-0.15, -0.1) is 0 Å². The molecule has 3 aromatic rings. The average Bonchev–Trinajstić information content (AvgIpc) is 3.60. The second-order valence-electron chi connectivity index (χ2n) is 21.3. The van der Waals surface area contributed by atoms with Gasteiger partial charge in [-0.3, -0.25) is 34.1 Å². The van der Waals surface area contributed by atoms with Gasteiger partial charge in [0.15, 0.2) is 0 Å². The number of esters is 1. The van der Waals surface area contributed by atoms with Crippen molar-refractivity contribution in [1.29, 1.82) is 0 Å². The fourth-order valence-corrected chi connectivity index (χ4v) is 9.90. The van der Waals surface area contributed by atoms with Gasteiger partial charge in [-0.05, 0) is 134 Å². The van der Waals surface area contributed by atoms with Crippen molar-refractivity contribution in [1.82, 2.24) is 40.0 Å². The summed E-state index contributed by atoms with van der Waals surface area (Å²) in [6.45, 7) is 20.4. The monoisotopic (exact) mass is 937 g/mol. The summed E-state index contributed by atoms with van der Waals surface area (Å²) in [5, 5.41) is 5.87. The van der Waals surface area contributed by atoms with E-state index in [1.54, 1.807) is 12.0 Å². The third kappa shape index (κ3) is 11.4. The number of ether oxygens (including phenoxy) is 3. The molecule has 2 N–H and O–H groups in total. The molecule has 0 saturated carbocycles. The Labute approximate surface area is 403 Å². The molecule has 0 spiro atoms. The lowest BCUT2D eigenvalue weighted by Gasteiger charge is -2.39. The quantitative estimate of drug-likeness (QED) is 0.184. The van der Waals surface area contributed by atoms with E-state index in [1.807, 2.05) is 65.9 Å². The first-order chi connectivity index (χ1) is 32.3. The Hall–Kier alpha value is -4.85. The van der Waals surface area contributed by atoms with E-state index in [2.05, 4.69) is 77.1 Å². The number of nitrogens with one attached hydrogen (secondary N) is 2. The van der Waals surface area contributed by atoms with Gasteiger partial charge < -0.3 is 33.9 Å². The van der Waals surface area contributed by atoms with Crippen LogP contribution >= 0.6 is 0 Å². The zero-order valence-electron chi connectivity index (χ0n) is 42.4. The summed E-state index contributed by atoms with van der Waals surface area (Å²) in [4.78, 5) is 66.6. The molecule has 15 heteroatoms. The number of cyclic esters (lactones) is 1. The molecule has 2 unspecified atom stereocenters. The topological polar surface area (TPSA) is 151 Å². The summed E-state index contributed by atoms with van der Waals surface area (Å²) < 4.78 is 20.6. The summed E-state index contributed by atoms with van der Waals surface area (Å²) in [7, 11) is 5.57. The van der Waals surface area contributed by atoms with Crippen LogP contribution in [0.2, 0.25) is 0 Å². The zero-order chi connectivity index (χ0) is 49.1. The smallest absolute Gasteiger partial charge is 0.324 e. The normalized spacial score (nSPS) is 23.6. The third-order valence-electron chi connectivity index (χ3n) is 14.8. The van der Waals surface area contributed by atoms with Gasteiger partial charge in [0, 0.05) is 74.5 Å². The fraction of sp³-hybridized carbons (Fsp3) is 0.642. The maximum atomic E-state index is 14.7. The minimum atomic E-state index is -0.886. The van der Waals surface area contributed by atoms with Crippen LogP contribution in [0.3, 0.4) is 0 Å². The minimum Gasteiger partial charge on any atom is -0.464 e. The molecule has 4 aliphatic heterocycles. The van der Waals surface area contributed by atoms with Crippen LogP contribution < -0.4 is 10.7 Å². The van der Waals surface area contributed by atoms with E-state index in [0.717, 1.165) is 54.9 Å². The standard InChI is InChI=1S/C53H76N8O7/c1-12-60-45-20-19-36-26-40(45)41(48(60)39-17-13-23-54-47(39)35(4)66-11)27-52(5,6)33-68-51(65)43-18-15-25-61(56-43)50(64)44(31-58-24-14-16-37(36)28-58)55-49(63)42(34(2)3)32-67-38-29-59(30-38)46(62)21-22-53(7,8)57(9)10/h13,17,19-20,23,26,34-35,37-38,42-44,56H,12,14-16,18,24-25,27-33H2,1-11H3,(H,55,63)/t35-,37?,42-,43-,44-/m0/s1. The minimum absolute atomic E-state index is 0.0897. The number of piperidine rings is 1. The molecule has 3 fully saturated rings. The van der Waals surface area contributed by atoms with E-state index in [4.69, 9.17) is 19.2 Å².